The molecule has 0 aromatic carbocycles. The fraction of sp³-hybridized carbons (Fsp3) is 0.444. The van der Waals surface area contributed by atoms with Crippen LogP contribution in [0.5, 0.6) is 0 Å². The van der Waals surface area contributed by atoms with Gasteiger partial charge in [-0.2, -0.15) is 0 Å². The number of thiophene rings is 1. The molecule has 0 saturated carbocycles. The van der Waals surface area contributed by atoms with E-state index in [2.05, 4.69) is 5.48 Å². The first-order valence-corrected chi connectivity index (χ1v) is 5.07. The van der Waals surface area contributed by atoms with Crippen LogP contribution >= 0.6 is 11.3 Å². The van der Waals surface area contributed by atoms with Crippen LogP contribution in [-0.2, 0) is 4.84 Å². The number of carbonyl (C=O) groups excluding carboxylic acids is 1. The molecular formula is C9H13NO3S. The van der Waals surface area contributed by atoms with E-state index >= 15 is 0 Å². The van der Waals surface area contributed by atoms with E-state index < -0.39 is 0 Å². The Morgan fingerprint density at radius 1 is 1.64 bits per heavy atom. The number of aliphatic hydroxyl groups is 1. The number of rotatable bonds is 4. The first-order chi connectivity index (χ1) is 6.65. The van der Waals surface area contributed by atoms with Crippen molar-refractivity contribution >= 4 is 17.2 Å². The van der Waals surface area contributed by atoms with Gasteiger partial charge in [-0.3, -0.25) is 9.63 Å². The van der Waals surface area contributed by atoms with Crippen molar-refractivity contribution in [3.63, 3.8) is 0 Å². The lowest BCUT2D eigenvalue weighted by Crippen LogP contribution is -2.25. The molecule has 1 heterocycles. The van der Waals surface area contributed by atoms with E-state index in [1.165, 1.54) is 0 Å². The van der Waals surface area contributed by atoms with Crippen LogP contribution in [0.2, 0.25) is 0 Å². The standard InChI is InChI=1S/C9H13NO3S/c1-6-5-8(7(2)14-6)9(12)10-13-4-3-11/h5,11H,3-4H2,1-2H3,(H,10,12). The SMILES string of the molecule is Cc1cc(C(=O)NOCCO)c(C)s1. The molecule has 5 heteroatoms. The first-order valence-electron chi connectivity index (χ1n) is 4.25. The summed E-state index contributed by atoms with van der Waals surface area (Å²) in [5.41, 5.74) is 2.89. The third kappa shape index (κ3) is 2.80. The Morgan fingerprint density at radius 3 is 2.86 bits per heavy atom. The number of hydroxylamine groups is 1. The maximum Gasteiger partial charge on any atom is 0.275 e. The number of hydrogen-bond donors (Lipinski definition) is 2. The van der Waals surface area contributed by atoms with Crippen molar-refractivity contribution in [2.75, 3.05) is 13.2 Å². The van der Waals surface area contributed by atoms with Gasteiger partial charge < -0.3 is 5.11 Å². The minimum atomic E-state index is -0.264. The van der Waals surface area contributed by atoms with Crippen molar-refractivity contribution in [1.82, 2.24) is 5.48 Å². The van der Waals surface area contributed by atoms with Crippen LogP contribution in [0.1, 0.15) is 20.1 Å². The fourth-order valence-electron chi connectivity index (χ4n) is 1.07. The Hall–Kier alpha value is -0.910. The van der Waals surface area contributed by atoms with E-state index in [1.807, 2.05) is 19.9 Å². The molecule has 1 rings (SSSR count). The van der Waals surface area contributed by atoms with Gasteiger partial charge in [-0.25, -0.2) is 5.48 Å². The van der Waals surface area contributed by atoms with Gasteiger partial charge in [0.15, 0.2) is 0 Å². The van der Waals surface area contributed by atoms with Gasteiger partial charge in [-0.05, 0) is 19.9 Å². The highest BCUT2D eigenvalue weighted by Crippen LogP contribution is 2.20. The smallest absolute Gasteiger partial charge is 0.275 e. The fourth-order valence-corrected chi connectivity index (χ4v) is 1.99. The van der Waals surface area contributed by atoms with E-state index in [0.29, 0.717) is 5.56 Å². The van der Waals surface area contributed by atoms with Crippen molar-refractivity contribution in [3.8, 4) is 0 Å². The first kappa shape index (κ1) is 11.2. The van der Waals surface area contributed by atoms with Crippen molar-refractivity contribution in [2.24, 2.45) is 0 Å². The molecule has 0 aliphatic carbocycles. The molecule has 0 spiro atoms. The van der Waals surface area contributed by atoms with Crippen LogP contribution in [0, 0.1) is 13.8 Å². The van der Waals surface area contributed by atoms with Gasteiger partial charge in [0.05, 0.1) is 18.8 Å². The summed E-state index contributed by atoms with van der Waals surface area (Å²) in [6, 6.07) is 1.82. The van der Waals surface area contributed by atoms with Crippen LogP contribution in [0.25, 0.3) is 0 Å². The molecular weight excluding hydrogens is 202 g/mol. The highest BCUT2D eigenvalue weighted by Gasteiger charge is 2.11. The lowest BCUT2D eigenvalue weighted by atomic mass is 10.2. The third-order valence-electron chi connectivity index (χ3n) is 1.64. The molecule has 0 atom stereocenters. The number of aryl methyl sites for hydroxylation is 2. The molecule has 4 nitrogen and oxygen atoms in total. The molecule has 0 aliphatic heterocycles. The van der Waals surface area contributed by atoms with Crippen LogP contribution in [0.15, 0.2) is 6.07 Å². The summed E-state index contributed by atoms with van der Waals surface area (Å²) < 4.78 is 0. The molecule has 0 fully saturated rings. The number of nitrogens with one attached hydrogen (secondary N) is 1. The lowest BCUT2D eigenvalue weighted by Gasteiger charge is -2.03. The Morgan fingerprint density at radius 2 is 2.36 bits per heavy atom. The summed E-state index contributed by atoms with van der Waals surface area (Å²) in [4.78, 5) is 18.2. The summed E-state index contributed by atoms with van der Waals surface area (Å²) in [5.74, 6) is -0.264. The van der Waals surface area contributed by atoms with Gasteiger partial charge in [0.2, 0.25) is 0 Å². The Bertz CT molecular complexity index is 322. The lowest BCUT2D eigenvalue weighted by molar-refractivity contribution is 0.0168. The van der Waals surface area contributed by atoms with E-state index in [0.717, 1.165) is 9.75 Å². The third-order valence-corrected chi connectivity index (χ3v) is 2.61. The zero-order valence-corrected chi connectivity index (χ0v) is 8.98. The summed E-state index contributed by atoms with van der Waals surface area (Å²) in [5, 5.41) is 8.43. The minimum absolute atomic E-state index is 0.105. The Labute approximate surface area is 86.5 Å². The molecule has 0 radical (unpaired) electrons. The van der Waals surface area contributed by atoms with Gasteiger partial charge in [0, 0.05) is 9.75 Å². The molecule has 0 bridgehead atoms. The molecule has 14 heavy (non-hydrogen) atoms. The molecule has 0 unspecified atom stereocenters. The van der Waals surface area contributed by atoms with Crippen LogP contribution in [-0.4, -0.2) is 24.2 Å². The van der Waals surface area contributed by atoms with Gasteiger partial charge in [0.1, 0.15) is 0 Å². The average molecular weight is 215 g/mol. The van der Waals surface area contributed by atoms with Crippen LogP contribution in [0.4, 0.5) is 0 Å². The van der Waals surface area contributed by atoms with Gasteiger partial charge >= 0.3 is 0 Å². The van der Waals surface area contributed by atoms with E-state index in [4.69, 9.17) is 9.94 Å². The second-order valence-electron chi connectivity index (χ2n) is 2.83. The molecule has 1 aromatic rings. The van der Waals surface area contributed by atoms with Gasteiger partial charge in [0.25, 0.3) is 5.91 Å². The number of carbonyl (C=O) groups is 1. The molecule has 0 aliphatic rings. The number of amides is 1. The largest absolute Gasteiger partial charge is 0.394 e. The van der Waals surface area contributed by atoms with E-state index in [1.54, 1.807) is 11.3 Å². The quantitative estimate of drug-likeness (QED) is 0.582. The highest BCUT2D eigenvalue weighted by atomic mass is 32.1. The van der Waals surface area contributed by atoms with Crippen LogP contribution in [0.3, 0.4) is 0 Å². The zero-order valence-electron chi connectivity index (χ0n) is 8.16. The van der Waals surface area contributed by atoms with Gasteiger partial charge in [-0.15, -0.1) is 11.3 Å². The normalized spacial score (nSPS) is 10.2. The molecule has 1 amide bonds. The summed E-state index contributed by atoms with van der Waals surface area (Å²) in [6.45, 7) is 3.83. The van der Waals surface area contributed by atoms with Crippen LogP contribution < -0.4 is 5.48 Å². The second kappa shape index (κ2) is 5.09. The maximum atomic E-state index is 11.4. The van der Waals surface area contributed by atoms with E-state index in [-0.39, 0.29) is 19.1 Å². The molecule has 78 valence electrons. The van der Waals surface area contributed by atoms with Gasteiger partial charge in [-0.1, -0.05) is 0 Å². The maximum absolute atomic E-state index is 11.4. The molecule has 0 saturated heterocycles. The Balaban J connectivity index is 2.56. The highest BCUT2D eigenvalue weighted by molar-refractivity contribution is 7.12. The summed E-state index contributed by atoms with van der Waals surface area (Å²) in [6.07, 6.45) is 0. The van der Waals surface area contributed by atoms with E-state index in [9.17, 15) is 4.79 Å². The summed E-state index contributed by atoms with van der Waals surface area (Å²) >= 11 is 1.57. The minimum Gasteiger partial charge on any atom is -0.394 e. The van der Waals surface area contributed by atoms with Crippen molar-refractivity contribution in [1.29, 1.82) is 0 Å². The topological polar surface area (TPSA) is 58.6 Å². The monoisotopic (exact) mass is 215 g/mol. The number of hydrogen-bond acceptors (Lipinski definition) is 4. The number of aliphatic hydroxyl groups excluding tert-OH is 1. The van der Waals surface area contributed by atoms with Crippen molar-refractivity contribution in [3.05, 3.63) is 21.4 Å². The summed E-state index contributed by atoms with van der Waals surface area (Å²) in [7, 11) is 0. The second-order valence-corrected chi connectivity index (χ2v) is 4.29. The zero-order chi connectivity index (χ0) is 10.6. The van der Waals surface area contributed by atoms with Crippen molar-refractivity contribution in [2.45, 2.75) is 13.8 Å². The Kier molecular flexibility index (Phi) is 4.06. The molecule has 1 aromatic heterocycles. The van der Waals surface area contributed by atoms with Crippen molar-refractivity contribution < 1.29 is 14.7 Å². The average Bonchev–Trinajstić information content (AvgIpc) is 2.45. The molecule has 2 N–H and O–H groups in total. The predicted octanol–water partition coefficient (Wildman–Crippen LogP) is 1.02. The predicted molar refractivity (Wildman–Crippen MR) is 54.3 cm³/mol.